The largest absolute Gasteiger partial charge is 0.476 e. The number of ether oxygens (including phenoxy) is 1. The SMILES string of the molecule is CCCCCCCCCCCCCCCCCCCNc1ccc(C(=O)OC(C)(O)C(=O)O)cc1. The highest BCUT2D eigenvalue weighted by atomic mass is 16.7. The van der Waals surface area contributed by atoms with E-state index in [0.29, 0.717) is 0 Å². The number of aliphatic carboxylic acids is 1. The molecule has 1 atom stereocenters. The number of benzene rings is 1. The lowest BCUT2D eigenvalue weighted by Crippen LogP contribution is -2.40. The molecule has 1 aromatic carbocycles. The Morgan fingerprint density at radius 1 is 0.743 bits per heavy atom. The maximum Gasteiger partial charge on any atom is 0.376 e. The van der Waals surface area contributed by atoms with E-state index in [2.05, 4.69) is 17.0 Å². The minimum Gasteiger partial charge on any atom is -0.476 e. The topological polar surface area (TPSA) is 95.9 Å². The number of hydrogen-bond acceptors (Lipinski definition) is 5. The number of carboxylic acid groups (broad SMARTS) is 1. The van der Waals surface area contributed by atoms with Crippen molar-refractivity contribution in [2.75, 3.05) is 11.9 Å². The van der Waals surface area contributed by atoms with Gasteiger partial charge in [-0.2, -0.15) is 0 Å². The summed E-state index contributed by atoms with van der Waals surface area (Å²) >= 11 is 0. The molecular weight excluding hydrogens is 442 g/mol. The van der Waals surface area contributed by atoms with Crippen LogP contribution in [0.15, 0.2) is 24.3 Å². The third kappa shape index (κ3) is 15.5. The van der Waals surface area contributed by atoms with Gasteiger partial charge in [0.2, 0.25) is 0 Å². The van der Waals surface area contributed by atoms with Crippen molar-refractivity contribution in [2.24, 2.45) is 0 Å². The molecular formula is C29H49NO5. The summed E-state index contributed by atoms with van der Waals surface area (Å²) in [5, 5.41) is 21.7. The predicted molar refractivity (Wildman–Crippen MR) is 143 cm³/mol. The Labute approximate surface area is 212 Å². The zero-order valence-corrected chi connectivity index (χ0v) is 22.2. The number of anilines is 1. The van der Waals surface area contributed by atoms with Gasteiger partial charge in [-0.05, 0) is 30.7 Å². The molecule has 0 spiro atoms. The van der Waals surface area contributed by atoms with Crippen molar-refractivity contribution >= 4 is 17.6 Å². The maximum atomic E-state index is 11.9. The lowest BCUT2D eigenvalue weighted by molar-refractivity contribution is -0.197. The normalized spacial score (nSPS) is 12.8. The number of aliphatic hydroxyl groups is 1. The summed E-state index contributed by atoms with van der Waals surface area (Å²) in [7, 11) is 0. The molecule has 1 aromatic rings. The van der Waals surface area contributed by atoms with Gasteiger partial charge in [0.15, 0.2) is 0 Å². The second-order valence-electron chi connectivity index (χ2n) is 9.84. The average molecular weight is 492 g/mol. The summed E-state index contributed by atoms with van der Waals surface area (Å²) in [5.74, 6) is -5.03. The molecule has 0 saturated carbocycles. The van der Waals surface area contributed by atoms with Crippen LogP contribution in [0.5, 0.6) is 0 Å². The summed E-state index contributed by atoms with van der Waals surface area (Å²) in [6, 6.07) is 6.61. The minimum atomic E-state index is -2.54. The molecule has 1 rings (SSSR count). The highest BCUT2D eigenvalue weighted by Gasteiger charge is 2.35. The number of nitrogens with one attached hydrogen (secondary N) is 1. The van der Waals surface area contributed by atoms with Gasteiger partial charge in [0.05, 0.1) is 5.56 Å². The summed E-state index contributed by atoms with van der Waals surface area (Å²) < 4.78 is 4.62. The standard InChI is InChI=1S/C29H49NO5/c1-3-4-5-6-7-8-9-10-11-12-13-14-15-16-17-18-19-24-30-26-22-20-25(21-23-26)27(31)35-29(2,34)28(32)33/h20-23,30,34H,3-19,24H2,1-2H3,(H,32,33). The first-order chi connectivity index (χ1) is 16.9. The molecule has 6 nitrogen and oxygen atoms in total. The van der Waals surface area contributed by atoms with Crippen molar-refractivity contribution in [3.8, 4) is 0 Å². The van der Waals surface area contributed by atoms with Gasteiger partial charge in [0.1, 0.15) is 0 Å². The fourth-order valence-electron chi connectivity index (χ4n) is 4.09. The van der Waals surface area contributed by atoms with Gasteiger partial charge in [0.25, 0.3) is 0 Å². The van der Waals surface area contributed by atoms with Gasteiger partial charge >= 0.3 is 17.7 Å². The second-order valence-corrected chi connectivity index (χ2v) is 9.84. The van der Waals surface area contributed by atoms with Crippen LogP contribution in [0.2, 0.25) is 0 Å². The number of carboxylic acids is 1. The van der Waals surface area contributed by atoms with Gasteiger partial charge in [-0.15, -0.1) is 0 Å². The molecule has 6 heteroatoms. The van der Waals surface area contributed by atoms with Crippen molar-refractivity contribution in [1.29, 1.82) is 0 Å². The predicted octanol–water partition coefficient (Wildman–Crippen LogP) is 7.70. The quantitative estimate of drug-likeness (QED) is 0.0873. The van der Waals surface area contributed by atoms with Crippen LogP contribution in [0, 0.1) is 0 Å². The van der Waals surface area contributed by atoms with E-state index < -0.39 is 17.7 Å². The van der Waals surface area contributed by atoms with E-state index in [1.54, 1.807) is 24.3 Å². The molecule has 0 amide bonds. The molecule has 1 unspecified atom stereocenters. The third-order valence-electron chi connectivity index (χ3n) is 6.42. The molecule has 0 aliphatic carbocycles. The number of esters is 1. The Kier molecular flexibility index (Phi) is 16.9. The number of hydrogen-bond donors (Lipinski definition) is 3. The van der Waals surface area contributed by atoms with E-state index in [4.69, 9.17) is 5.11 Å². The molecule has 3 N–H and O–H groups in total. The molecule has 0 bridgehead atoms. The Morgan fingerprint density at radius 3 is 1.54 bits per heavy atom. The Morgan fingerprint density at radius 2 is 1.14 bits per heavy atom. The number of carbonyl (C=O) groups excluding carboxylic acids is 1. The van der Waals surface area contributed by atoms with Gasteiger partial charge in [-0.1, -0.05) is 110 Å². The zero-order valence-electron chi connectivity index (χ0n) is 22.2. The molecule has 0 aromatic heterocycles. The maximum absolute atomic E-state index is 11.9. The van der Waals surface area contributed by atoms with E-state index in [1.165, 1.54) is 103 Å². The van der Waals surface area contributed by atoms with E-state index in [1.807, 2.05) is 0 Å². The molecule has 0 aliphatic rings. The smallest absolute Gasteiger partial charge is 0.376 e. The molecule has 35 heavy (non-hydrogen) atoms. The van der Waals surface area contributed by atoms with Crippen LogP contribution < -0.4 is 5.32 Å². The van der Waals surface area contributed by atoms with Gasteiger partial charge in [-0.3, -0.25) is 0 Å². The van der Waals surface area contributed by atoms with Crippen LogP contribution in [0.3, 0.4) is 0 Å². The molecule has 200 valence electrons. The van der Waals surface area contributed by atoms with Crippen LogP contribution in [-0.2, 0) is 9.53 Å². The monoisotopic (exact) mass is 491 g/mol. The number of unbranched alkanes of at least 4 members (excludes halogenated alkanes) is 16. The van der Waals surface area contributed by atoms with Crippen molar-refractivity contribution in [2.45, 2.75) is 129 Å². The lowest BCUT2D eigenvalue weighted by atomic mass is 10.0. The number of carbonyl (C=O) groups is 2. The summed E-state index contributed by atoms with van der Waals surface area (Å²) in [4.78, 5) is 22.8. The van der Waals surface area contributed by atoms with E-state index in [-0.39, 0.29) is 5.56 Å². The number of rotatable bonds is 22. The van der Waals surface area contributed by atoms with E-state index in [9.17, 15) is 14.7 Å². The van der Waals surface area contributed by atoms with Crippen LogP contribution in [0.1, 0.15) is 133 Å². The van der Waals surface area contributed by atoms with Crippen molar-refractivity contribution in [3.05, 3.63) is 29.8 Å². The summed E-state index contributed by atoms with van der Waals surface area (Å²) in [6.45, 7) is 4.06. The van der Waals surface area contributed by atoms with Crippen LogP contribution >= 0.6 is 0 Å². The van der Waals surface area contributed by atoms with Crippen LogP contribution in [-0.4, -0.2) is 34.5 Å². The fourth-order valence-corrected chi connectivity index (χ4v) is 4.09. The average Bonchev–Trinajstić information content (AvgIpc) is 2.83. The molecule has 0 radical (unpaired) electrons. The minimum absolute atomic E-state index is 0.190. The van der Waals surface area contributed by atoms with E-state index in [0.717, 1.165) is 25.6 Å². The Bertz CT molecular complexity index is 687. The molecule has 0 fully saturated rings. The zero-order chi connectivity index (χ0) is 25.8. The molecule has 0 heterocycles. The first kappa shape index (κ1) is 31.0. The highest BCUT2D eigenvalue weighted by Crippen LogP contribution is 2.16. The first-order valence-corrected chi connectivity index (χ1v) is 13.9. The fraction of sp³-hybridized carbons (Fsp3) is 0.724. The Hall–Kier alpha value is -2.08. The van der Waals surface area contributed by atoms with Crippen molar-refractivity contribution in [3.63, 3.8) is 0 Å². The van der Waals surface area contributed by atoms with Crippen molar-refractivity contribution in [1.82, 2.24) is 0 Å². The molecule has 0 saturated heterocycles. The molecule has 0 aliphatic heterocycles. The lowest BCUT2D eigenvalue weighted by Gasteiger charge is -2.18. The third-order valence-corrected chi connectivity index (χ3v) is 6.42. The van der Waals surface area contributed by atoms with Gasteiger partial charge in [-0.25, -0.2) is 9.59 Å². The first-order valence-electron chi connectivity index (χ1n) is 13.9. The second kappa shape index (κ2) is 19.1. The van der Waals surface area contributed by atoms with Crippen molar-refractivity contribution < 1.29 is 24.5 Å². The van der Waals surface area contributed by atoms with Crippen LogP contribution in [0.25, 0.3) is 0 Å². The van der Waals surface area contributed by atoms with Gasteiger partial charge in [0, 0.05) is 19.2 Å². The van der Waals surface area contributed by atoms with Gasteiger partial charge < -0.3 is 20.3 Å². The van der Waals surface area contributed by atoms with E-state index >= 15 is 0 Å². The highest BCUT2D eigenvalue weighted by molar-refractivity contribution is 5.92. The van der Waals surface area contributed by atoms with Crippen LogP contribution in [0.4, 0.5) is 5.69 Å². The Balaban J connectivity index is 1.95. The summed E-state index contributed by atoms with van der Waals surface area (Å²) in [5.41, 5.74) is 1.08. The summed E-state index contributed by atoms with van der Waals surface area (Å²) in [6.07, 6.45) is 23.1.